The maximum Gasteiger partial charge on any atom is 0.109 e. The van der Waals surface area contributed by atoms with Gasteiger partial charge < -0.3 is 5.11 Å². The molecule has 2 rings (SSSR count). The summed E-state index contributed by atoms with van der Waals surface area (Å²) < 4.78 is 0. The largest absolute Gasteiger partial charge is 0.385 e. The molecule has 1 nitrogen and oxygen atoms in total. The van der Waals surface area contributed by atoms with Crippen molar-refractivity contribution in [2.45, 2.75) is 32.1 Å². The third-order valence-corrected chi connectivity index (χ3v) is 2.76. The summed E-state index contributed by atoms with van der Waals surface area (Å²) in [6.07, 6.45) is 3.66. The first-order valence-corrected chi connectivity index (χ1v) is 4.96. The second-order valence-corrected chi connectivity index (χ2v) is 3.67. The second-order valence-electron chi connectivity index (χ2n) is 3.67. The summed E-state index contributed by atoms with van der Waals surface area (Å²) in [5.74, 6) is 0.773. The molecule has 0 amide bonds. The second kappa shape index (κ2) is 3.51. The predicted molar refractivity (Wildman–Crippen MR) is 53.1 cm³/mol. The minimum Gasteiger partial charge on any atom is -0.385 e. The first-order chi connectivity index (χ1) is 6.36. The molecule has 1 radical (unpaired) electrons. The van der Waals surface area contributed by atoms with E-state index < -0.39 is 0 Å². The van der Waals surface area contributed by atoms with E-state index in [1.165, 1.54) is 30.6 Å². The van der Waals surface area contributed by atoms with Gasteiger partial charge in [0.1, 0.15) is 6.61 Å². The first-order valence-electron chi connectivity index (χ1n) is 4.96. The molecule has 0 heterocycles. The van der Waals surface area contributed by atoms with Crippen LogP contribution in [0.1, 0.15) is 42.4 Å². The van der Waals surface area contributed by atoms with E-state index in [9.17, 15) is 0 Å². The third kappa shape index (κ3) is 1.61. The average molecular weight is 175 g/mol. The number of hydrogen-bond donors (Lipinski definition) is 1. The molecule has 0 aromatic heterocycles. The van der Waals surface area contributed by atoms with Gasteiger partial charge in [-0.05, 0) is 41.9 Å². The molecule has 1 aliphatic rings. The van der Waals surface area contributed by atoms with Crippen LogP contribution in [-0.4, -0.2) is 5.11 Å². The molecular weight excluding hydrogens is 160 g/mol. The minimum absolute atomic E-state index is 0.773. The molecule has 1 N–H and O–H groups in total. The van der Waals surface area contributed by atoms with E-state index in [-0.39, 0.29) is 0 Å². The van der Waals surface area contributed by atoms with Gasteiger partial charge in [-0.2, -0.15) is 0 Å². The summed E-state index contributed by atoms with van der Waals surface area (Å²) in [5.41, 5.74) is 3.77. The number of aliphatic hydroxyl groups excluding tert-OH is 1. The van der Waals surface area contributed by atoms with Crippen molar-refractivity contribution in [2.24, 2.45) is 0 Å². The normalized spacial score (nSPS) is 16.2. The van der Waals surface area contributed by atoms with Crippen molar-refractivity contribution < 1.29 is 5.11 Å². The molecule has 0 atom stereocenters. The van der Waals surface area contributed by atoms with E-state index in [0.29, 0.717) is 0 Å². The molecule has 13 heavy (non-hydrogen) atoms. The first kappa shape index (κ1) is 8.76. The Morgan fingerprint density at radius 2 is 2.23 bits per heavy atom. The Labute approximate surface area is 79.4 Å². The van der Waals surface area contributed by atoms with Gasteiger partial charge in [-0.3, -0.25) is 0 Å². The Bertz CT molecular complexity index is 300. The molecule has 69 valence electrons. The highest BCUT2D eigenvalue weighted by Crippen LogP contribution is 2.42. The quantitative estimate of drug-likeness (QED) is 0.748. The molecule has 0 bridgehead atoms. The smallest absolute Gasteiger partial charge is 0.109 e. The lowest BCUT2D eigenvalue weighted by atomic mass is 9.96. The van der Waals surface area contributed by atoms with Crippen LogP contribution < -0.4 is 0 Å². The highest BCUT2D eigenvalue weighted by atomic mass is 16.3. The van der Waals surface area contributed by atoms with Gasteiger partial charge in [-0.1, -0.05) is 25.1 Å². The molecule has 1 heteroatoms. The lowest BCUT2D eigenvalue weighted by Gasteiger charge is -2.10. The number of aliphatic hydroxyl groups is 1. The molecule has 1 aliphatic carbocycles. The molecule has 0 aliphatic heterocycles. The molecule has 0 spiro atoms. The van der Waals surface area contributed by atoms with Crippen LogP contribution in [0.3, 0.4) is 0 Å². The van der Waals surface area contributed by atoms with Gasteiger partial charge in [0, 0.05) is 0 Å². The maximum atomic E-state index is 9.05. The van der Waals surface area contributed by atoms with Gasteiger partial charge in [-0.25, -0.2) is 0 Å². The summed E-state index contributed by atoms with van der Waals surface area (Å²) in [5, 5.41) is 9.05. The van der Waals surface area contributed by atoms with Gasteiger partial charge in [0.05, 0.1) is 0 Å². The summed E-state index contributed by atoms with van der Waals surface area (Å²) in [6.45, 7) is 3.37. The topological polar surface area (TPSA) is 20.2 Å². The number of benzene rings is 1. The van der Waals surface area contributed by atoms with Crippen LogP contribution in [0.15, 0.2) is 18.2 Å². The van der Waals surface area contributed by atoms with Crippen molar-refractivity contribution in [1.82, 2.24) is 0 Å². The molecule has 1 aromatic carbocycles. The van der Waals surface area contributed by atoms with Crippen LogP contribution in [0.2, 0.25) is 0 Å². The SMILES string of the molecule is CCc1c([CH]O)cccc1C1CC1. The lowest BCUT2D eigenvalue weighted by molar-refractivity contribution is 0.413. The predicted octanol–water partition coefficient (Wildman–Crippen LogP) is 3.01. The maximum absolute atomic E-state index is 9.05. The van der Waals surface area contributed by atoms with E-state index in [4.69, 9.17) is 5.11 Å². The van der Waals surface area contributed by atoms with Crippen molar-refractivity contribution in [1.29, 1.82) is 0 Å². The highest BCUT2D eigenvalue weighted by Gasteiger charge is 2.26. The Hall–Kier alpha value is -0.820. The molecule has 1 saturated carbocycles. The molecule has 1 fully saturated rings. The Morgan fingerprint density at radius 1 is 1.46 bits per heavy atom. The van der Waals surface area contributed by atoms with E-state index in [2.05, 4.69) is 13.0 Å². The molecule has 0 saturated heterocycles. The van der Waals surface area contributed by atoms with Crippen molar-refractivity contribution in [3.05, 3.63) is 41.5 Å². The fourth-order valence-electron chi connectivity index (χ4n) is 1.93. The number of rotatable bonds is 3. The Balaban J connectivity index is 2.41. The highest BCUT2D eigenvalue weighted by molar-refractivity contribution is 5.41. The zero-order chi connectivity index (χ0) is 9.26. The van der Waals surface area contributed by atoms with Gasteiger partial charge in [-0.15, -0.1) is 0 Å². The summed E-state index contributed by atoms with van der Waals surface area (Å²) >= 11 is 0. The van der Waals surface area contributed by atoms with E-state index in [0.717, 1.165) is 17.9 Å². The zero-order valence-electron chi connectivity index (χ0n) is 7.96. The van der Waals surface area contributed by atoms with Crippen molar-refractivity contribution in [3.63, 3.8) is 0 Å². The molecular formula is C12H15O. The van der Waals surface area contributed by atoms with Crippen LogP contribution in [-0.2, 0) is 6.42 Å². The van der Waals surface area contributed by atoms with Gasteiger partial charge in [0.15, 0.2) is 0 Å². The average Bonchev–Trinajstić information content (AvgIpc) is 2.99. The zero-order valence-corrected chi connectivity index (χ0v) is 7.96. The van der Waals surface area contributed by atoms with Crippen LogP contribution in [0.25, 0.3) is 0 Å². The van der Waals surface area contributed by atoms with Gasteiger partial charge in [0.2, 0.25) is 0 Å². The molecule has 0 unspecified atom stereocenters. The van der Waals surface area contributed by atoms with E-state index in [1.807, 2.05) is 12.1 Å². The Kier molecular flexibility index (Phi) is 2.36. The van der Waals surface area contributed by atoms with Crippen molar-refractivity contribution >= 4 is 0 Å². The molecule has 1 aromatic rings. The summed E-state index contributed by atoms with van der Waals surface area (Å²) in [4.78, 5) is 0. The summed E-state index contributed by atoms with van der Waals surface area (Å²) in [7, 11) is 0. The third-order valence-electron chi connectivity index (χ3n) is 2.76. The van der Waals surface area contributed by atoms with E-state index >= 15 is 0 Å². The van der Waals surface area contributed by atoms with E-state index in [1.54, 1.807) is 0 Å². The van der Waals surface area contributed by atoms with Gasteiger partial charge >= 0.3 is 0 Å². The fourth-order valence-corrected chi connectivity index (χ4v) is 1.93. The van der Waals surface area contributed by atoms with Crippen LogP contribution in [0.5, 0.6) is 0 Å². The van der Waals surface area contributed by atoms with Crippen molar-refractivity contribution in [2.75, 3.05) is 0 Å². The monoisotopic (exact) mass is 175 g/mol. The van der Waals surface area contributed by atoms with Crippen molar-refractivity contribution in [3.8, 4) is 0 Å². The summed E-state index contributed by atoms with van der Waals surface area (Å²) in [6, 6.07) is 6.21. The minimum atomic E-state index is 0.773. The van der Waals surface area contributed by atoms with Crippen LogP contribution >= 0.6 is 0 Å². The standard InChI is InChI=1S/C12H15O/c1-2-11-10(8-13)4-3-5-12(11)9-6-7-9/h3-5,8-9,13H,2,6-7H2,1H3. The lowest BCUT2D eigenvalue weighted by Crippen LogP contribution is -1.96. The number of hydrogen-bond acceptors (Lipinski definition) is 1. The van der Waals surface area contributed by atoms with Crippen LogP contribution in [0, 0.1) is 6.61 Å². The Morgan fingerprint density at radius 3 is 2.77 bits per heavy atom. The fraction of sp³-hybridized carbons (Fsp3) is 0.417. The van der Waals surface area contributed by atoms with Crippen LogP contribution in [0.4, 0.5) is 0 Å². The van der Waals surface area contributed by atoms with Gasteiger partial charge in [0.25, 0.3) is 0 Å².